The summed E-state index contributed by atoms with van der Waals surface area (Å²) in [4.78, 5) is 8.17. The molecule has 0 fully saturated rings. The summed E-state index contributed by atoms with van der Waals surface area (Å²) < 4.78 is 1.78. The molecule has 0 saturated heterocycles. The molecular weight excluding hydrogens is 140 g/mol. The van der Waals surface area contributed by atoms with Gasteiger partial charge in [0.25, 0.3) is 0 Å². The zero-order chi connectivity index (χ0) is 7.84. The van der Waals surface area contributed by atoms with Crippen LogP contribution >= 0.6 is 0 Å². The maximum Gasteiger partial charge on any atom is 0.174 e. The summed E-state index contributed by atoms with van der Waals surface area (Å²) in [5, 5.41) is 4.18. The van der Waals surface area contributed by atoms with Crippen LogP contribution in [0.1, 0.15) is 11.5 Å². The molecule has 2 heterocycles. The van der Waals surface area contributed by atoms with Gasteiger partial charge in [0, 0.05) is 6.20 Å². The zero-order valence-electron chi connectivity index (χ0n) is 6.44. The van der Waals surface area contributed by atoms with Crippen LogP contribution in [-0.2, 0) is 0 Å². The minimum absolute atomic E-state index is 0.779. The number of rotatable bonds is 0. The van der Waals surface area contributed by atoms with E-state index in [1.165, 1.54) is 0 Å². The first-order valence-corrected chi connectivity index (χ1v) is 3.41. The van der Waals surface area contributed by atoms with Crippen LogP contribution in [0.15, 0.2) is 12.4 Å². The molecule has 0 saturated carbocycles. The Morgan fingerprint density at radius 1 is 1.27 bits per heavy atom. The van der Waals surface area contributed by atoms with Crippen molar-refractivity contribution in [2.24, 2.45) is 0 Å². The molecule has 0 aromatic carbocycles. The molecule has 0 aliphatic heterocycles. The molecule has 2 rings (SSSR count). The van der Waals surface area contributed by atoms with Gasteiger partial charge in [-0.3, -0.25) is 4.98 Å². The van der Waals surface area contributed by atoms with Gasteiger partial charge < -0.3 is 0 Å². The average Bonchev–Trinajstić information content (AvgIpc) is 2.31. The van der Waals surface area contributed by atoms with Crippen molar-refractivity contribution < 1.29 is 0 Å². The van der Waals surface area contributed by atoms with E-state index in [-0.39, 0.29) is 0 Å². The van der Waals surface area contributed by atoms with E-state index in [0.29, 0.717) is 0 Å². The van der Waals surface area contributed by atoms with E-state index in [1.54, 1.807) is 16.9 Å². The van der Waals surface area contributed by atoms with E-state index >= 15 is 0 Å². The Labute approximate surface area is 63.9 Å². The molecule has 0 aliphatic rings. The van der Waals surface area contributed by atoms with Gasteiger partial charge in [-0.05, 0) is 13.8 Å². The highest BCUT2D eigenvalue weighted by molar-refractivity contribution is 5.34. The SMILES string of the molecule is Cc1nc2cncc(C)n2n1. The highest BCUT2D eigenvalue weighted by Gasteiger charge is 1.99. The van der Waals surface area contributed by atoms with Crippen LogP contribution < -0.4 is 0 Å². The lowest BCUT2D eigenvalue weighted by Gasteiger charge is -1.92. The Morgan fingerprint density at radius 3 is 2.82 bits per heavy atom. The lowest BCUT2D eigenvalue weighted by atomic mass is 10.5. The average molecular weight is 148 g/mol. The van der Waals surface area contributed by atoms with Crippen molar-refractivity contribution in [1.82, 2.24) is 19.6 Å². The van der Waals surface area contributed by atoms with Crippen LogP contribution in [-0.4, -0.2) is 19.6 Å². The number of nitrogens with zero attached hydrogens (tertiary/aromatic N) is 4. The normalized spacial score (nSPS) is 10.7. The maximum absolute atomic E-state index is 4.18. The molecule has 2 aromatic rings. The number of aromatic nitrogens is 4. The molecule has 56 valence electrons. The van der Waals surface area contributed by atoms with E-state index in [0.717, 1.165) is 17.2 Å². The van der Waals surface area contributed by atoms with Crippen molar-refractivity contribution >= 4 is 5.65 Å². The van der Waals surface area contributed by atoms with E-state index in [4.69, 9.17) is 0 Å². The lowest BCUT2D eigenvalue weighted by Crippen LogP contribution is -1.93. The highest BCUT2D eigenvalue weighted by atomic mass is 15.3. The van der Waals surface area contributed by atoms with Crippen molar-refractivity contribution in [3.05, 3.63) is 23.9 Å². The van der Waals surface area contributed by atoms with Crippen molar-refractivity contribution in [2.45, 2.75) is 13.8 Å². The first-order chi connectivity index (χ1) is 5.27. The standard InChI is InChI=1S/C7H8N4/c1-5-3-8-4-7-9-6(2)10-11(5)7/h3-4H,1-2H3. The van der Waals surface area contributed by atoms with Crippen molar-refractivity contribution in [3.8, 4) is 0 Å². The van der Waals surface area contributed by atoms with Gasteiger partial charge in [-0.15, -0.1) is 0 Å². The first-order valence-electron chi connectivity index (χ1n) is 3.41. The molecule has 0 amide bonds. The smallest absolute Gasteiger partial charge is 0.174 e. The predicted octanol–water partition coefficient (Wildman–Crippen LogP) is 0.741. The first kappa shape index (κ1) is 6.27. The molecular formula is C7H8N4. The highest BCUT2D eigenvalue weighted by Crippen LogP contribution is 2.00. The second kappa shape index (κ2) is 2.02. The molecule has 0 atom stereocenters. The van der Waals surface area contributed by atoms with Gasteiger partial charge in [0.1, 0.15) is 5.82 Å². The third-order valence-corrected chi connectivity index (χ3v) is 1.52. The third kappa shape index (κ3) is 0.869. The van der Waals surface area contributed by atoms with Gasteiger partial charge in [-0.2, -0.15) is 5.10 Å². The van der Waals surface area contributed by atoms with Crippen molar-refractivity contribution in [1.29, 1.82) is 0 Å². The predicted molar refractivity (Wildman–Crippen MR) is 40.3 cm³/mol. The van der Waals surface area contributed by atoms with Gasteiger partial charge in [0.05, 0.1) is 11.9 Å². The monoisotopic (exact) mass is 148 g/mol. The van der Waals surface area contributed by atoms with Crippen LogP contribution in [0.2, 0.25) is 0 Å². The fourth-order valence-corrected chi connectivity index (χ4v) is 1.04. The third-order valence-electron chi connectivity index (χ3n) is 1.52. The number of aryl methyl sites for hydroxylation is 2. The number of hydrogen-bond donors (Lipinski definition) is 0. The fraction of sp³-hybridized carbons (Fsp3) is 0.286. The summed E-state index contributed by atoms with van der Waals surface area (Å²) in [5.41, 5.74) is 1.81. The maximum atomic E-state index is 4.18. The van der Waals surface area contributed by atoms with Gasteiger partial charge >= 0.3 is 0 Å². The number of fused-ring (bicyclic) bond motifs is 1. The summed E-state index contributed by atoms with van der Waals surface area (Å²) in [7, 11) is 0. The van der Waals surface area contributed by atoms with E-state index in [1.807, 2.05) is 13.8 Å². The van der Waals surface area contributed by atoms with E-state index in [9.17, 15) is 0 Å². The number of hydrogen-bond acceptors (Lipinski definition) is 3. The second-order valence-corrected chi connectivity index (χ2v) is 2.48. The molecule has 4 heteroatoms. The minimum Gasteiger partial charge on any atom is -0.259 e. The summed E-state index contributed by atoms with van der Waals surface area (Å²) in [6.45, 7) is 3.82. The summed E-state index contributed by atoms with van der Waals surface area (Å²) in [6, 6.07) is 0. The van der Waals surface area contributed by atoms with Gasteiger partial charge in [-0.25, -0.2) is 9.50 Å². The van der Waals surface area contributed by atoms with Gasteiger partial charge in [0.15, 0.2) is 5.65 Å². The van der Waals surface area contributed by atoms with Crippen LogP contribution in [0.5, 0.6) is 0 Å². The van der Waals surface area contributed by atoms with Crippen LogP contribution in [0.25, 0.3) is 5.65 Å². The van der Waals surface area contributed by atoms with Crippen molar-refractivity contribution in [3.63, 3.8) is 0 Å². The minimum atomic E-state index is 0.779. The summed E-state index contributed by atoms with van der Waals surface area (Å²) >= 11 is 0. The van der Waals surface area contributed by atoms with Gasteiger partial charge in [-0.1, -0.05) is 0 Å². The Balaban J connectivity index is 2.90. The molecule has 0 unspecified atom stereocenters. The summed E-state index contributed by atoms with van der Waals surface area (Å²) in [5.74, 6) is 0.779. The van der Waals surface area contributed by atoms with Gasteiger partial charge in [0.2, 0.25) is 0 Å². The molecule has 11 heavy (non-hydrogen) atoms. The van der Waals surface area contributed by atoms with Crippen molar-refractivity contribution in [2.75, 3.05) is 0 Å². The molecule has 0 bridgehead atoms. The fourth-order valence-electron chi connectivity index (χ4n) is 1.04. The quantitative estimate of drug-likeness (QED) is 0.553. The topological polar surface area (TPSA) is 43.1 Å². The summed E-state index contributed by atoms with van der Waals surface area (Å²) in [6.07, 6.45) is 3.47. The molecule has 0 N–H and O–H groups in total. The second-order valence-electron chi connectivity index (χ2n) is 2.48. The van der Waals surface area contributed by atoms with Crippen LogP contribution in [0.3, 0.4) is 0 Å². The van der Waals surface area contributed by atoms with E-state index in [2.05, 4.69) is 15.1 Å². The molecule has 4 nitrogen and oxygen atoms in total. The zero-order valence-corrected chi connectivity index (χ0v) is 6.44. The molecule has 2 aromatic heterocycles. The lowest BCUT2D eigenvalue weighted by molar-refractivity contribution is 0.879. The molecule has 0 radical (unpaired) electrons. The Hall–Kier alpha value is -1.45. The Morgan fingerprint density at radius 2 is 2.09 bits per heavy atom. The molecule has 0 spiro atoms. The molecule has 0 aliphatic carbocycles. The van der Waals surface area contributed by atoms with Crippen LogP contribution in [0.4, 0.5) is 0 Å². The Kier molecular flexibility index (Phi) is 1.15. The van der Waals surface area contributed by atoms with E-state index < -0.39 is 0 Å². The largest absolute Gasteiger partial charge is 0.259 e. The Bertz CT molecular complexity index is 390. The van der Waals surface area contributed by atoms with Crippen LogP contribution in [0, 0.1) is 13.8 Å².